The molecule has 0 saturated carbocycles. The first-order valence-corrected chi connectivity index (χ1v) is 7.34. The molecule has 1 nitrogen and oxygen atoms in total. The largest absolute Gasteiger partial charge is 0.230 e. The monoisotopic (exact) mass is 275 g/mol. The Bertz CT molecular complexity index is 628. The van der Waals surface area contributed by atoms with E-state index in [4.69, 9.17) is 0 Å². The molecule has 0 spiro atoms. The Kier molecular flexibility index (Phi) is 3.30. The molecule has 0 fully saturated rings. The third-order valence-corrected chi connectivity index (χ3v) is 4.80. The zero-order valence-corrected chi connectivity index (χ0v) is 11.1. The van der Waals surface area contributed by atoms with Crippen LogP contribution in [-0.4, -0.2) is 4.98 Å². The molecule has 3 aromatic rings. The molecule has 1 aromatic heterocycles. The highest BCUT2D eigenvalue weighted by atomic mass is 32.2. The molecule has 3 rings (SSSR count). The lowest BCUT2D eigenvalue weighted by Crippen LogP contribution is -1.80. The standard InChI is InChI=1S/C14H10FNS2/c15-11-7-5-10(6-8-11)9-17-14-16-12-3-1-2-4-13(12)18-14/h1-8H,9H2. The molecule has 0 aliphatic carbocycles. The second kappa shape index (κ2) is 5.08. The highest BCUT2D eigenvalue weighted by Gasteiger charge is 2.04. The Morgan fingerprint density at radius 1 is 1.06 bits per heavy atom. The number of para-hydroxylation sites is 1. The number of halogens is 1. The van der Waals surface area contributed by atoms with Crippen molar-refractivity contribution in [2.75, 3.05) is 0 Å². The summed E-state index contributed by atoms with van der Waals surface area (Å²) < 4.78 is 15.0. The van der Waals surface area contributed by atoms with E-state index in [9.17, 15) is 4.39 Å². The van der Waals surface area contributed by atoms with Gasteiger partial charge in [-0.25, -0.2) is 9.37 Å². The third kappa shape index (κ3) is 2.54. The van der Waals surface area contributed by atoms with Gasteiger partial charge in [-0.05, 0) is 29.8 Å². The van der Waals surface area contributed by atoms with Crippen LogP contribution in [0.25, 0.3) is 10.2 Å². The van der Waals surface area contributed by atoms with E-state index in [-0.39, 0.29) is 5.82 Å². The molecule has 90 valence electrons. The van der Waals surface area contributed by atoms with Crippen molar-refractivity contribution in [1.82, 2.24) is 4.98 Å². The fraction of sp³-hybridized carbons (Fsp3) is 0.0714. The zero-order chi connectivity index (χ0) is 12.4. The molecule has 4 heteroatoms. The molecule has 18 heavy (non-hydrogen) atoms. The zero-order valence-electron chi connectivity index (χ0n) is 9.47. The smallest absolute Gasteiger partial charge is 0.151 e. The molecule has 0 amide bonds. The van der Waals surface area contributed by atoms with Crippen molar-refractivity contribution in [1.29, 1.82) is 0 Å². The summed E-state index contributed by atoms with van der Waals surface area (Å²) in [6.07, 6.45) is 0. The summed E-state index contributed by atoms with van der Waals surface area (Å²) in [5.41, 5.74) is 2.16. The van der Waals surface area contributed by atoms with Gasteiger partial charge in [0.2, 0.25) is 0 Å². The van der Waals surface area contributed by atoms with E-state index in [2.05, 4.69) is 11.1 Å². The fourth-order valence-corrected chi connectivity index (χ4v) is 3.66. The molecular weight excluding hydrogens is 265 g/mol. The van der Waals surface area contributed by atoms with Gasteiger partial charge in [-0.1, -0.05) is 36.0 Å². The number of fused-ring (bicyclic) bond motifs is 1. The summed E-state index contributed by atoms with van der Waals surface area (Å²) >= 11 is 3.39. The van der Waals surface area contributed by atoms with E-state index in [1.807, 2.05) is 30.3 Å². The van der Waals surface area contributed by atoms with Crippen LogP contribution in [-0.2, 0) is 5.75 Å². The van der Waals surface area contributed by atoms with Gasteiger partial charge in [0, 0.05) is 5.75 Å². The molecule has 0 bridgehead atoms. The molecule has 0 radical (unpaired) electrons. The van der Waals surface area contributed by atoms with Crippen molar-refractivity contribution in [2.24, 2.45) is 0 Å². The first-order valence-electron chi connectivity index (χ1n) is 5.54. The van der Waals surface area contributed by atoms with Crippen molar-refractivity contribution in [3.63, 3.8) is 0 Å². The topological polar surface area (TPSA) is 12.9 Å². The van der Waals surface area contributed by atoms with Gasteiger partial charge in [-0.2, -0.15) is 0 Å². The number of aromatic nitrogens is 1. The van der Waals surface area contributed by atoms with E-state index in [1.165, 1.54) is 16.8 Å². The molecule has 0 aliphatic heterocycles. The van der Waals surface area contributed by atoms with Gasteiger partial charge in [-0.3, -0.25) is 0 Å². The normalized spacial score (nSPS) is 10.9. The van der Waals surface area contributed by atoms with Gasteiger partial charge in [0.05, 0.1) is 10.2 Å². The van der Waals surface area contributed by atoms with Gasteiger partial charge in [0.15, 0.2) is 4.34 Å². The van der Waals surface area contributed by atoms with Crippen LogP contribution in [0.15, 0.2) is 52.9 Å². The van der Waals surface area contributed by atoms with Gasteiger partial charge >= 0.3 is 0 Å². The quantitative estimate of drug-likeness (QED) is 0.641. The maximum absolute atomic E-state index is 12.8. The van der Waals surface area contributed by atoms with Crippen LogP contribution in [0.2, 0.25) is 0 Å². The molecular formula is C14H10FNS2. The first-order chi connectivity index (χ1) is 8.81. The van der Waals surface area contributed by atoms with E-state index in [1.54, 1.807) is 23.1 Å². The number of benzene rings is 2. The maximum atomic E-state index is 12.8. The molecule has 0 unspecified atom stereocenters. The molecule has 0 aliphatic rings. The maximum Gasteiger partial charge on any atom is 0.151 e. The van der Waals surface area contributed by atoms with Crippen LogP contribution in [0.1, 0.15) is 5.56 Å². The number of hydrogen-bond acceptors (Lipinski definition) is 3. The Morgan fingerprint density at radius 3 is 2.61 bits per heavy atom. The fourth-order valence-electron chi connectivity index (χ4n) is 1.64. The van der Waals surface area contributed by atoms with Gasteiger partial charge in [0.25, 0.3) is 0 Å². The number of nitrogens with zero attached hydrogens (tertiary/aromatic N) is 1. The van der Waals surface area contributed by atoms with Crippen molar-refractivity contribution >= 4 is 33.3 Å². The highest BCUT2D eigenvalue weighted by molar-refractivity contribution is 8.00. The van der Waals surface area contributed by atoms with Crippen molar-refractivity contribution in [3.05, 3.63) is 59.9 Å². The minimum absolute atomic E-state index is 0.191. The Morgan fingerprint density at radius 2 is 1.83 bits per heavy atom. The predicted molar refractivity (Wildman–Crippen MR) is 75.6 cm³/mol. The number of hydrogen-bond donors (Lipinski definition) is 0. The minimum atomic E-state index is -0.191. The second-order valence-corrected chi connectivity index (χ2v) is 6.12. The Balaban J connectivity index is 1.74. The summed E-state index contributed by atoms with van der Waals surface area (Å²) in [5.74, 6) is 0.629. The summed E-state index contributed by atoms with van der Waals surface area (Å²) in [6, 6.07) is 14.7. The average Bonchev–Trinajstić information content (AvgIpc) is 2.81. The lowest BCUT2D eigenvalue weighted by Gasteiger charge is -1.98. The van der Waals surface area contributed by atoms with Crippen LogP contribution in [0, 0.1) is 5.82 Å². The van der Waals surface area contributed by atoms with E-state index in [0.717, 1.165) is 21.2 Å². The van der Waals surface area contributed by atoms with Crippen molar-refractivity contribution in [3.8, 4) is 0 Å². The van der Waals surface area contributed by atoms with Crippen LogP contribution >= 0.6 is 23.1 Å². The third-order valence-electron chi connectivity index (χ3n) is 2.55. The number of thiazole rings is 1. The Hall–Kier alpha value is -1.39. The average molecular weight is 275 g/mol. The van der Waals surface area contributed by atoms with Gasteiger partial charge in [-0.15, -0.1) is 11.3 Å². The summed E-state index contributed by atoms with van der Waals surface area (Å²) in [4.78, 5) is 4.55. The van der Waals surface area contributed by atoms with E-state index >= 15 is 0 Å². The van der Waals surface area contributed by atoms with Crippen molar-refractivity contribution < 1.29 is 4.39 Å². The molecule has 0 N–H and O–H groups in total. The van der Waals surface area contributed by atoms with Gasteiger partial charge in [0.1, 0.15) is 5.82 Å². The minimum Gasteiger partial charge on any atom is -0.230 e. The highest BCUT2D eigenvalue weighted by Crippen LogP contribution is 2.31. The van der Waals surface area contributed by atoms with E-state index in [0.29, 0.717) is 0 Å². The number of rotatable bonds is 3. The molecule has 2 aromatic carbocycles. The predicted octanol–water partition coefficient (Wildman–Crippen LogP) is 4.73. The lowest BCUT2D eigenvalue weighted by atomic mass is 10.2. The first kappa shape index (κ1) is 11.7. The SMILES string of the molecule is Fc1ccc(CSc2nc3ccccc3s2)cc1. The summed E-state index contributed by atoms with van der Waals surface area (Å²) in [7, 11) is 0. The second-order valence-electron chi connectivity index (χ2n) is 3.86. The van der Waals surface area contributed by atoms with E-state index < -0.39 is 0 Å². The number of thioether (sulfide) groups is 1. The molecule has 0 saturated heterocycles. The van der Waals surface area contributed by atoms with Crippen LogP contribution < -0.4 is 0 Å². The summed E-state index contributed by atoms with van der Waals surface area (Å²) in [6.45, 7) is 0. The molecule has 1 heterocycles. The van der Waals surface area contributed by atoms with Crippen molar-refractivity contribution in [2.45, 2.75) is 10.1 Å². The summed E-state index contributed by atoms with van der Waals surface area (Å²) in [5, 5.41) is 0. The Labute approximate surface area is 113 Å². The lowest BCUT2D eigenvalue weighted by molar-refractivity contribution is 0.627. The molecule has 0 atom stereocenters. The van der Waals surface area contributed by atoms with Crippen LogP contribution in [0.5, 0.6) is 0 Å². The van der Waals surface area contributed by atoms with Gasteiger partial charge < -0.3 is 0 Å². The van der Waals surface area contributed by atoms with Crippen LogP contribution in [0.3, 0.4) is 0 Å². The van der Waals surface area contributed by atoms with Crippen LogP contribution in [0.4, 0.5) is 4.39 Å².